The quantitative estimate of drug-likeness (QED) is 0.385. The maximum Gasteiger partial charge on any atom is 0.175 e. The van der Waals surface area contributed by atoms with E-state index in [0.29, 0.717) is 38.0 Å². The SMILES string of the molecule is CS(=O)(=O)c1cc(C(N)NCCN2Cc3ccc(F)cc3CC2Cc2ccc(F)cc2)cc(S(C)(=O)=O)c1. The molecule has 0 fully saturated rings. The Labute approximate surface area is 222 Å². The first-order chi connectivity index (χ1) is 17.8. The molecule has 2 unspecified atom stereocenters. The molecular weight excluding hydrogens is 532 g/mol. The van der Waals surface area contributed by atoms with Crippen LogP contribution in [-0.4, -0.2) is 53.4 Å². The van der Waals surface area contributed by atoms with Gasteiger partial charge in [-0.2, -0.15) is 0 Å². The molecule has 0 bridgehead atoms. The third-order valence-corrected chi connectivity index (χ3v) is 8.96. The Morgan fingerprint density at radius 1 is 0.895 bits per heavy atom. The van der Waals surface area contributed by atoms with Gasteiger partial charge in [-0.15, -0.1) is 0 Å². The first-order valence-electron chi connectivity index (χ1n) is 12.1. The molecule has 1 aliphatic rings. The minimum Gasteiger partial charge on any atom is -0.312 e. The zero-order valence-electron chi connectivity index (χ0n) is 21.2. The lowest BCUT2D eigenvalue weighted by molar-refractivity contribution is 0.168. The number of benzene rings is 3. The second kappa shape index (κ2) is 11.2. The summed E-state index contributed by atoms with van der Waals surface area (Å²) < 4.78 is 75.8. The van der Waals surface area contributed by atoms with Crippen molar-refractivity contribution in [3.63, 3.8) is 0 Å². The second-order valence-electron chi connectivity index (χ2n) is 9.79. The molecular formula is C27H31F2N3O4S2. The molecule has 3 aromatic rings. The van der Waals surface area contributed by atoms with Crippen molar-refractivity contribution in [2.24, 2.45) is 5.73 Å². The van der Waals surface area contributed by atoms with E-state index in [1.165, 1.54) is 30.3 Å². The molecule has 0 saturated carbocycles. The number of hydrogen-bond acceptors (Lipinski definition) is 7. The van der Waals surface area contributed by atoms with Gasteiger partial charge in [0.15, 0.2) is 19.7 Å². The Balaban J connectivity index is 1.50. The summed E-state index contributed by atoms with van der Waals surface area (Å²) >= 11 is 0. The maximum absolute atomic E-state index is 13.9. The number of nitrogens with two attached hydrogens (primary N) is 1. The molecule has 0 radical (unpaired) electrons. The van der Waals surface area contributed by atoms with Crippen molar-refractivity contribution in [1.82, 2.24) is 10.2 Å². The highest BCUT2D eigenvalue weighted by Crippen LogP contribution is 2.27. The number of nitrogens with zero attached hydrogens (tertiary/aromatic N) is 1. The van der Waals surface area contributed by atoms with E-state index in [0.717, 1.165) is 35.3 Å². The average molecular weight is 564 g/mol. The molecule has 0 saturated heterocycles. The Hall–Kier alpha value is -2.70. The average Bonchev–Trinajstić information content (AvgIpc) is 2.84. The van der Waals surface area contributed by atoms with Crippen molar-refractivity contribution < 1.29 is 25.6 Å². The summed E-state index contributed by atoms with van der Waals surface area (Å²) in [5.41, 5.74) is 9.60. The zero-order chi connectivity index (χ0) is 27.7. The van der Waals surface area contributed by atoms with Crippen LogP contribution in [0, 0.1) is 11.6 Å². The normalized spacial score (nSPS) is 17.2. The fourth-order valence-corrected chi connectivity index (χ4v) is 6.17. The summed E-state index contributed by atoms with van der Waals surface area (Å²) in [7, 11) is -7.31. The van der Waals surface area contributed by atoms with E-state index in [1.54, 1.807) is 24.3 Å². The fourth-order valence-electron chi connectivity index (χ4n) is 4.71. The first kappa shape index (κ1) is 28.3. The van der Waals surface area contributed by atoms with Crippen molar-refractivity contribution in [1.29, 1.82) is 0 Å². The molecule has 1 heterocycles. The van der Waals surface area contributed by atoms with Crippen molar-refractivity contribution in [3.8, 4) is 0 Å². The molecule has 204 valence electrons. The van der Waals surface area contributed by atoms with Crippen molar-refractivity contribution in [2.75, 3.05) is 25.6 Å². The lowest BCUT2D eigenvalue weighted by Gasteiger charge is -2.37. The van der Waals surface area contributed by atoms with E-state index in [-0.39, 0.29) is 27.5 Å². The van der Waals surface area contributed by atoms with Gasteiger partial charge in [-0.1, -0.05) is 18.2 Å². The number of rotatable bonds is 9. The van der Waals surface area contributed by atoms with Crippen LogP contribution in [0.2, 0.25) is 0 Å². The smallest absolute Gasteiger partial charge is 0.175 e. The fraction of sp³-hybridized carbons (Fsp3) is 0.333. The molecule has 0 aromatic heterocycles. The van der Waals surface area contributed by atoms with Gasteiger partial charge in [-0.25, -0.2) is 25.6 Å². The van der Waals surface area contributed by atoms with Crippen LogP contribution in [0.15, 0.2) is 70.5 Å². The van der Waals surface area contributed by atoms with Crippen LogP contribution in [0.3, 0.4) is 0 Å². The molecule has 1 aliphatic heterocycles. The summed E-state index contributed by atoms with van der Waals surface area (Å²) in [5, 5.41) is 3.17. The van der Waals surface area contributed by atoms with Gasteiger partial charge in [-0.3, -0.25) is 10.2 Å². The monoisotopic (exact) mass is 563 g/mol. The Kier molecular flexibility index (Phi) is 8.34. The molecule has 0 amide bonds. The van der Waals surface area contributed by atoms with Crippen LogP contribution in [-0.2, 0) is 39.1 Å². The van der Waals surface area contributed by atoms with Crippen LogP contribution >= 0.6 is 0 Å². The molecule has 4 rings (SSSR count). The van der Waals surface area contributed by atoms with Gasteiger partial charge in [0.2, 0.25) is 0 Å². The third kappa shape index (κ3) is 7.03. The van der Waals surface area contributed by atoms with E-state index in [4.69, 9.17) is 5.73 Å². The predicted octanol–water partition coefficient (Wildman–Crippen LogP) is 2.99. The largest absolute Gasteiger partial charge is 0.312 e. The highest BCUT2D eigenvalue weighted by atomic mass is 32.2. The molecule has 3 aromatic carbocycles. The van der Waals surface area contributed by atoms with Gasteiger partial charge < -0.3 is 5.73 Å². The van der Waals surface area contributed by atoms with Crippen molar-refractivity contribution in [2.45, 2.75) is 41.4 Å². The Morgan fingerprint density at radius 2 is 1.50 bits per heavy atom. The topological polar surface area (TPSA) is 110 Å². The summed E-state index contributed by atoms with van der Waals surface area (Å²) in [4.78, 5) is 2.01. The molecule has 3 N–H and O–H groups in total. The van der Waals surface area contributed by atoms with Crippen LogP contribution in [0.5, 0.6) is 0 Å². The van der Waals surface area contributed by atoms with E-state index in [2.05, 4.69) is 10.2 Å². The maximum atomic E-state index is 13.9. The Morgan fingerprint density at radius 3 is 2.11 bits per heavy atom. The number of halogens is 2. The van der Waals surface area contributed by atoms with E-state index in [9.17, 15) is 25.6 Å². The van der Waals surface area contributed by atoms with Crippen LogP contribution in [0.1, 0.15) is 28.4 Å². The summed E-state index contributed by atoms with van der Waals surface area (Å²) in [6.07, 6.45) is 2.50. The first-order valence-corrected chi connectivity index (χ1v) is 15.9. The van der Waals surface area contributed by atoms with Gasteiger partial charge in [0.25, 0.3) is 0 Å². The Bertz CT molecular complexity index is 1480. The van der Waals surface area contributed by atoms with Crippen molar-refractivity contribution in [3.05, 3.63) is 94.6 Å². The van der Waals surface area contributed by atoms with Gasteiger partial charge >= 0.3 is 0 Å². The van der Waals surface area contributed by atoms with Crippen LogP contribution in [0.4, 0.5) is 8.78 Å². The number of nitrogens with one attached hydrogen (secondary N) is 1. The summed E-state index contributed by atoms with van der Waals surface area (Å²) in [6.45, 7) is 1.59. The molecule has 11 heteroatoms. The minimum atomic E-state index is -3.66. The van der Waals surface area contributed by atoms with Gasteiger partial charge in [0, 0.05) is 38.2 Å². The highest BCUT2D eigenvalue weighted by Gasteiger charge is 2.27. The molecule has 38 heavy (non-hydrogen) atoms. The van der Waals surface area contributed by atoms with Gasteiger partial charge in [0.05, 0.1) is 16.0 Å². The number of fused-ring (bicyclic) bond motifs is 1. The van der Waals surface area contributed by atoms with E-state index >= 15 is 0 Å². The molecule has 2 atom stereocenters. The van der Waals surface area contributed by atoms with E-state index < -0.39 is 25.8 Å². The van der Waals surface area contributed by atoms with Gasteiger partial charge in [0.1, 0.15) is 11.6 Å². The van der Waals surface area contributed by atoms with Crippen LogP contribution < -0.4 is 11.1 Å². The van der Waals surface area contributed by atoms with Gasteiger partial charge in [-0.05, 0) is 77.6 Å². The van der Waals surface area contributed by atoms with Crippen molar-refractivity contribution >= 4 is 19.7 Å². The number of sulfone groups is 2. The van der Waals surface area contributed by atoms with Crippen LogP contribution in [0.25, 0.3) is 0 Å². The molecule has 0 aliphatic carbocycles. The molecule has 0 spiro atoms. The summed E-state index contributed by atoms with van der Waals surface area (Å²) in [5.74, 6) is -0.589. The highest BCUT2D eigenvalue weighted by molar-refractivity contribution is 7.91. The molecule has 7 nitrogen and oxygen atoms in total. The minimum absolute atomic E-state index is 0.0400. The third-order valence-electron chi connectivity index (χ3n) is 6.78. The lowest BCUT2D eigenvalue weighted by Crippen LogP contribution is -2.45. The lowest BCUT2D eigenvalue weighted by atomic mass is 9.90. The second-order valence-corrected chi connectivity index (χ2v) is 13.8. The zero-order valence-corrected chi connectivity index (χ0v) is 22.8. The number of hydrogen-bond donors (Lipinski definition) is 2. The van der Waals surface area contributed by atoms with E-state index in [1.807, 2.05) is 0 Å². The standard InChI is InChI=1S/C27H31F2N3O4S2/c1-37(33,34)25-14-21(15-26(16-25)38(2,35)36)27(30)31-9-10-32-17-19-5-8-23(29)12-20(19)13-24(32)11-18-3-6-22(28)7-4-18/h3-8,12,14-16,24,27,31H,9-11,13,17,30H2,1-2H3. The predicted molar refractivity (Wildman–Crippen MR) is 142 cm³/mol. The summed E-state index contributed by atoms with van der Waals surface area (Å²) in [6, 6.07) is 15.1.